The predicted molar refractivity (Wildman–Crippen MR) is 115 cm³/mol. The van der Waals surface area contributed by atoms with Crippen molar-refractivity contribution in [2.24, 2.45) is 5.16 Å². The van der Waals surface area contributed by atoms with E-state index in [-0.39, 0.29) is 42.6 Å². The number of amides is 1. The number of allylic oxidation sites excluding steroid dienone is 1. The maximum absolute atomic E-state index is 12.5. The Labute approximate surface area is 182 Å². The number of rotatable bonds is 3. The average Bonchev–Trinajstić information content (AvgIpc) is 2.76. The van der Waals surface area contributed by atoms with E-state index in [2.05, 4.69) is 5.16 Å². The molecule has 2 heterocycles. The number of carbonyl (C=O) groups is 2. The first-order chi connectivity index (χ1) is 15.0. The summed E-state index contributed by atoms with van der Waals surface area (Å²) in [6.45, 7) is 1.48. The minimum Gasteiger partial charge on any atom is -0.508 e. The number of fused-ring (bicyclic) bond motifs is 1. The number of ether oxygens (including phenoxy) is 1. The third-order valence-electron chi connectivity index (χ3n) is 5.44. The number of piperidine rings is 1. The molecule has 2 aliphatic rings. The maximum Gasteiger partial charge on any atom is 0.342 e. The standard InChI is InChI=1S/C23H30N2O6/c26-19-14-17-13-18(24-31-16-21(28)25-10-6-4-7-11-25)9-5-2-1-3-8-12-30-23(29)22(17)20(27)15-19/h3,8,14-15,26-27H,1-2,4-7,9-13,16H2/b8-3+,24-18?. The van der Waals surface area contributed by atoms with Gasteiger partial charge in [0.05, 0.1) is 5.71 Å². The molecule has 0 spiro atoms. The summed E-state index contributed by atoms with van der Waals surface area (Å²) in [6, 6.07) is 2.53. The molecule has 1 aromatic rings. The van der Waals surface area contributed by atoms with Gasteiger partial charge in [0.15, 0.2) is 6.61 Å². The molecule has 8 nitrogen and oxygen atoms in total. The molecule has 2 N–H and O–H groups in total. The normalized spacial score (nSPS) is 20.6. The number of benzene rings is 1. The lowest BCUT2D eigenvalue weighted by molar-refractivity contribution is -0.137. The van der Waals surface area contributed by atoms with Gasteiger partial charge in [-0.15, -0.1) is 0 Å². The highest BCUT2D eigenvalue weighted by Gasteiger charge is 2.21. The van der Waals surface area contributed by atoms with Crippen LogP contribution in [0.5, 0.6) is 11.5 Å². The van der Waals surface area contributed by atoms with E-state index < -0.39 is 5.97 Å². The number of hydrogen-bond donors (Lipinski definition) is 2. The van der Waals surface area contributed by atoms with Crippen molar-refractivity contribution in [1.29, 1.82) is 0 Å². The summed E-state index contributed by atoms with van der Waals surface area (Å²) in [6.07, 6.45) is 10.3. The second-order valence-corrected chi connectivity index (χ2v) is 7.86. The van der Waals surface area contributed by atoms with Crippen LogP contribution in [0.15, 0.2) is 29.4 Å². The third kappa shape index (κ3) is 6.73. The highest BCUT2D eigenvalue weighted by molar-refractivity contribution is 5.97. The van der Waals surface area contributed by atoms with Crippen LogP contribution >= 0.6 is 0 Å². The van der Waals surface area contributed by atoms with Crippen LogP contribution in [0.2, 0.25) is 0 Å². The molecule has 168 valence electrons. The number of phenols is 2. The van der Waals surface area contributed by atoms with Gasteiger partial charge in [-0.1, -0.05) is 17.3 Å². The van der Waals surface area contributed by atoms with Crippen LogP contribution in [0.4, 0.5) is 0 Å². The molecule has 0 atom stereocenters. The summed E-state index contributed by atoms with van der Waals surface area (Å²) >= 11 is 0. The van der Waals surface area contributed by atoms with Crippen molar-refractivity contribution in [3.8, 4) is 11.5 Å². The fourth-order valence-electron chi connectivity index (χ4n) is 3.82. The number of aromatic hydroxyl groups is 2. The summed E-state index contributed by atoms with van der Waals surface area (Å²) in [4.78, 5) is 32.0. The quantitative estimate of drug-likeness (QED) is 0.433. The fourth-order valence-corrected chi connectivity index (χ4v) is 3.82. The van der Waals surface area contributed by atoms with E-state index in [0.29, 0.717) is 17.7 Å². The van der Waals surface area contributed by atoms with Crippen LogP contribution in [-0.4, -0.2) is 59.0 Å². The highest BCUT2D eigenvalue weighted by Crippen LogP contribution is 2.29. The smallest absolute Gasteiger partial charge is 0.342 e. The average molecular weight is 431 g/mol. The van der Waals surface area contributed by atoms with Crippen LogP contribution in [0.25, 0.3) is 0 Å². The summed E-state index contributed by atoms with van der Waals surface area (Å²) in [7, 11) is 0. The lowest BCUT2D eigenvalue weighted by Gasteiger charge is -2.26. The number of oxime groups is 1. The minimum absolute atomic E-state index is 0.00235. The first-order valence-electron chi connectivity index (χ1n) is 10.9. The molecule has 0 radical (unpaired) electrons. The van der Waals surface area contributed by atoms with Crippen molar-refractivity contribution in [2.75, 3.05) is 26.3 Å². The monoisotopic (exact) mass is 430 g/mol. The van der Waals surface area contributed by atoms with Crippen molar-refractivity contribution in [1.82, 2.24) is 4.90 Å². The van der Waals surface area contributed by atoms with Gasteiger partial charge in [0, 0.05) is 25.6 Å². The molecule has 0 unspecified atom stereocenters. The molecular weight excluding hydrogens is 400 g/mol. The Morgan fingerprint density at radius 3 is 2.71 bits per heavy atom. The van der Waals surface area contributed by atoms with Crippen molar-refractivity contribution in [2.45, 2.75) is 51.4 Å². The van der Waals surface area contributed by atoms with E-state index in [0.717, 1.165) is 57.7 Å². The van der Waals surface area contributed by atoms with E-state index in [4.69, 9.17) is 9.57 Å². The first kappa shape index (κ1) is 22.7. The number of hydrogen-bond acceptors (Lipinski definition) is 7. The zero-order valence-electron chi connectivity index (χ0n) is 17.7. The predicted octanol–water partition coefficient (Wildman–Crippen LogP) is 3.31. The van der Waals surface area contributed by atoms with E-state index in [1.165, 1.54) is 6.07 Å². The first-order valence-corrected chi connectivity index (χ1v) is 10.9. The van der Waals surface area contributed by atoms with Gasteiger partial charge in [-0.2, -0.15) is 0 Å². The molecule has 1 amide bonds. The Hall–Kier alpha value is -3.03. The number of carbonyl (C=O) groups excluding carboxylic acids is 2. The lowest BCUT2D eigenvalue weighted by atomic mass is 9.98. The van der Waals surface area contributed by atoms with Crippen molar-refractivity contribution < 1.29 is 29.4 Å². The van der Waals surface area contributed by atoms with Crippen molar-refractivity contribution >= 4 is 17.6 Å². The number of esters is 1. The summed E-state index contributed by atoms with van der Waals surface area (Å²) in [5.74, 6) is -1.26. The molecule has 31 heavy (non-hydrogen) atoms. The number of phenolic OH excluding ortho intramolecular Hbond substituents is 2. The van der Waals surface area contributed by atoms with Gasteiger partial charge in [0.1, 0.15) is 23.7 Å². The van der Waals surface area contributed by atoms with Crippen LogP contribution in [0.1, 0.15) is 60.9 Å². The molecule has 0 aliphatic carbocycles. The molecule has 1 aromatic carbocycles. The Morgan fingerprint density at radius 2 is 1.90 bits per heavy atom. The van der Waals surface area contributed by atoms with Crippen LogP contribution < -0.4 is 0 Å². The molecule has 0 aromatic heterocycles. The Bertz CT molecular complexity index is 843. The molecule has 0 saturated carbocycles. The summed E-state index contributed by atoms with van der Waals surface area (Å²) in [5, 5.41) is 24.4. The largest absolute Gasteiger partial charge is 0.508 e. The Morgan fingerprint density at radius 1 is 1.10 bits per heavy atom. The molecule has 3 rings (SSSR count). The van der Waals surface area contributed by atoms with Gasteiger partial charge in [-0.25, -0.2) is 4.79 Å². The minimum atomic E-state index is -0.669. The SMILES string of the molecule is O=C1OC/C=C/CCCCC(=NOCC(=O)N2CCCCC2)Cc2cc(O)cc(O)c21. The van der Waals surface area contributed by atoms with E-state index in [1.54, 1.807) is 11.0 Å². The molecular formula is C23H30N2O6. The maximum atomic E-state index is 12.5. The second-order valence-electron chi connectivity index (χ2n) is 7.86. The van der Waals surface area contributed by atoms with Crippen molar-refractivity contribution in [3.63, 3.8) is 0 Å². The van der Waals surface area contributed by atoms with Gasteiger partial charge < -0.3 is 24.7 Å². The van der Waals surface area contributed by atoms with Gasteiger partial charge in [-0.3, -0.25) is 4.79 Å². The molecule has 1 fully saturated rings. The molecule has 8 heteroatoms. The van der Waals surface area contributed by atoms with Gasteiger partial charge in [0.2, 0.25) is 0 Å². The summed E-state index contributed by atoms with van der Waals surface area (Å²) in [5.41, 5.74) is 1.03. The van der Waals surface area contributed by atoms with Gasteiger partial charge in [0.25, 0.3) is 5.91 Å². The van der Waals surface area contributed by atoms with Crippen molar-refractivity contribution in [3.05, 3.63) is 35.4 Å². The lowest BCUT2D eigenvalue weighted by Crippen LogP contribution is -2.37. The number of likely N-dealkylation sites (tertiary alicyclic amines) is 1. The zero-order chi connectivity index (χ0) is 22.1. The Balaban J connectivity index is 1.77. The highest BCUT2D eigenvalue weighted by atomic mass is 16.6. The topological polar surface area (TPSA) is 109 Å². The third-order valence-corrected chi connectivity index (χ3v) is 5.44. The zero-order valence-corrected chi connectivity index (χ0v) is 17.7. The van der Waals surface area contributed by atoms with Gasteiger partial charge in [-0.05, 0) is 56.6 Å². The number of cyclic esters (lactones) is 1. The van der Waals surface area contributed by atoms with Crippen LogP contribution in [0.3, 0.4) is 0 Å². The van der Waals surface area contributed by atoms with Gasteiger partial charge >= 0.3 is 5.97 Å². The molecule has 2 aliphatic heterocycles. The molecule has 0 bridgehead atoms. The van der Waals surface area contributed by atoms with Crippen LogP contribution in [0, 0.1) is 0 Å². The second kappa shape index (κ2) is 11.4. The fraction of sp³-hybridized carbons (Fsp3) is 0.522. The van der Waals surface area contributed by atoms with E-state index >= 15 is 0 Å². The number of nitrogens with zero attached hydrogens (tertiary/aromatic N) is 2. The van der Waals surface area contributed by atoms with E-state index in [1.807, 2.05) is 6.08 Å². The van der Waals surface area contributed by atoms with Crippen LogP contribution in [-0.2, 0) is 20.8 Å². The summed E-state index contributed by atoms with van der Waals surface area (Å²) < 4.78 is 5.23. The molecule has 1 saturated heterocycles. The van der Waals surface area contributed by atoms with E-state index in [9.17, 15) is 19.8 Å². The Kier molecular flexibility index (Phi) is 8.32.